The lowest BCUT2D eigenvalue weighted by Crippen LogP contribution is -2.36. The topological polar surface area (TPSA) is 55.7 Å². The van der Waals surface area contributed by atoms with Gasteiger partial charge in [0.05, 0.1) is 0 Å². The Labute approximate surface area is 162 Å². The molecular weight excluding hydrogens is 358 g/mol. The Hall–Kier alpha value is -2.53. The lowest BCUT2D eigenvalue weighted by Gasteiger charge is -2.33. The van der Waals surface area contributed by atoms with Crippen molar-refractivity contribution >= 4 is 28.8 Å². The number of Topliss-reactive ketones (excluding diaryl/α,β-unsaturated/α-hetero) is 1. The largest absolute Gasteiger partial charge is 0.460 e. The Balaban J connectivity index is 1.66. The molecule has 2 atom stereocenters. The molecule has 0 fully saturated rings. The molecule has 1 aliphatic carbocycles. The van der Waals surface area contributed by atoms with Gasteiger partial charge in [0.15, 0.2) is 5.78 Å². The number of esters is 1. The van der Waals surface area contributed by atoms with Crippen molar-refractivity contribution in [2.24, 2.45) is 10.9 Å². The van der Waals surface area contributed by atoms with Crippen molar-refractivity contribution in [3.8, 4) is 0 Å². The van der Waals surface area contributed by atoms with Gasteiger partial charge in [-0.05, 0) is 36.8 Å². The van der Waals surface area contributed by atoms with E-state index in [4.69, 9.17) is 4.74 Å². The molecule has 1 aliphatic heterocycles. The van der Waals surface area contributed by atoms with Crippen molar-refractivity contribution in [3.63, 3.8) is 0 Å². The van der Waals surface area contributed by atoms with Gasteiger partial charge in [-0.25, -0.2) is 0 Å². The Morgan fingerprint density at radius 3 is 2.74 bits per heavy atom. The molecular formula is C22H21NO3S. The maximum absolute atomic E-state index is 13.0. The first-order valence-corrected chi connectivity index (χ1v) is 10.1. The molecule has 5 heteroatoms. The monoisotopic (exact) mass is 379 g/mol. The van der Waals surface area contributed by atoms with Crippen molar-refractivity contribution in [3.05, 3.63) is 69.6 Å². The fraction of sp³-hybridized carbons (Fsp3) is 0.318. The number of nitrogens with zero attached hydrogens (tertiary/aromatic N) is 1. The van der Waals surface area contributed by atoms with Gasteiger partial charge in [-0.1, -0.05) is 36.4 Å². The van der Waals surface area contributed by atoms with Crippen LogP contribution in [0.2, 0.25) is 0 Å². The molecule has 2 aliphatic rings. The summed E-state index contributed by atoms with van der Waals surface area (Å²) in [4.78, 5) is 31.4. The highest BCUT2D eigenvalue weighted by Gasteiger charge is 2.43. The Morgan fingerprint density at radius 1 is 1.19 bits per heavy atom. The van der Waals surface area contributed by atoms with Gasteiger partial charge in [0, 0.05) is 34.2 Å². The standard InChI is InChI=1S/C22H21NO3S/c1-14-19(22(25)26-13-15-7-3-2-4-8-15)21(18-11-6-12-27-18)20-16(23-14)9-5-10-17(20)24/h2-4,6-8,11-12,19,21H,5,9-10,13H2,1H3/t19?,21-/m0/s1. The smallest absolute Gasteiger partial charge is 0.316 e. The van der Waals surface area contributed by atoms with E-state index in [1.54, 1.807) is 11.3 Å². The molecule has 2 aromatic rings. The average molecular weight is 379 g/mol. The van der Waals surface area contributed by atoms with Gasteiger partial charge in [-0.3, -0.25) is 14.6 Å². The number of benzene rings is 1. The van der Waals surface area contributed by atoms with Crippen LogP contribution in [0.4, 0.5) is 0 Å². The van der Waals surface area contributed by atoms with E-state index in [9.17, 15) is 9.59 Å². The van der Waals surface area contributed by atoms with Crippen molar-refractivity contribution in [1.82, 2.24) is 0 Å². The minimum atomic E-state index is -0.548. The highest BCUT2D eigenvalue weighted by atomic mass is 32.1. The van der Waals surface area contributed by atoms with Crippen LogP contribution in [0.25, 0.3) is 0 Å². The molecule has 0 amide bonds. The van der Waals surface area contributed by atoms with Crippen LogP contribution in [0.5, 0.6) is 0 Å². The van der Waals surface area contributed by atoms with Gasteiger partial charge < -0.3 is 4.74 Å². The van der Waals surface area contributed by atoms with Crippen LogP contribution in [-0.2, 0) is 20.9 Å². The van der Waals surface area contributed by atoms with Gasteiger partial charge in [0.2, 0.25) is 0 Å². The predicted octanol–water partition coefficient (Wildman–Crippen LogP) is 4.67. The van der Waals surface area contributed by atoms with Crippen LogP contribution in [0, 0.1) is 5.92 Å². The summed E-state index contributed by atoms with van der Waals surface area (Å²) >= 11 is 1.58. The summed E-state index contributed by atoms with van der Waals surface area (Å²) in [7, 11) is 0. The molecule has 2 heterocycles. The number of aliphatic imine (C=N–C) groups is 1. The molecule has 0 saturated heterocycles. The molecule has 1 unspecified atom stereocenters. The number of allylic oxidation sites excluding steroid dienone is 2. The number of carbonyl (C=O) groups is 2. The van der Waals surface area contributed by atoms with E-state index in [1.165, 1.54) is 0 Å². The highest BCUT2D eigenvalue weighted by molar-refractivity contribution is 7.10. The Kier molecular flexibility index (Phi) is 5.03. The number of rotatable bonds is 4. The lowest BCUT2D eigenvalue weighted by molar-refractivity contribution is -0.147. The summed E-state index contributed by atoms with van der Waals surface area (Å²) in [6, 6.07) is 13.6. The molecule has 138 valence electrons. The van der Waals surface area contributed by atoms with E-state index in [1.807, 2.05) is 54.8 Å². The molecule has 0 saturated carbocycles. The Bertz CT molecular complexity index is 912. The van der Waals surface area contributed by atoms with E-state index in [-0.39, 0.29) is 24.3 Å². The third-order valence-electron chi connectivity index (χ3n) is 5.16. The van der Waals surface area contributed by atoms with Crippen LogP contribution in [0.1, 0.15) is 42.5 Å². The average Bonchev–Trinajstić information content (AvgIpc) is 3.20. The maximum Gasteiger partial charge on any atom is 0.316 e. The van der Waals surface area contributed by atoms with E-state index in [0.29, 0.717) is 6.42 Å². The van der Waals surface area contributed by atoms with Crippen molar-refractivity contribution in [1.29, 1.82) is 0 Å². The second-order valence-corrected chi connectivity index (χ2v) is 7.93. The zero-order valence-electron chi connectivity index (χ0n) is 15.2. The zero-order chi connectivity index (χ0) is 18.8. The third-order valence-corrected chi connectivity index (χ3v) is 6.12. The van der Waals surface area contributed by atoms with E-state index < -0.39 is 5.92 Å². The summed E-state index contributed by atoms with van der Waals surface area (Å²) < 4.78 is 5.63. The normalized spacial score (nSPS) is 22.3. The SMILES string of the molecule is CC1=NC2=C(C(=O)CCC2)[C@@H](c2cccs2)C1C(=O)OCc1ccccc1. The minimum absolute atomic E-state index is 0.117. The first-order valence-electron chi connectivity index (χ1n) is 9.20. The van der Waals surface area contributed by atoms with Crippen LogP contribution in [-0.4, -0.2) is 17.5 Å². The number of hydrogen-bond donors (Lipinski definition) is 0. The summed E-state index contributed by atoms with van der Waals surface area (Å²) in [6.07, 6.45) is 2.15. The van der Waals surface area contributed by atoms with Crippen LogP contribution < -0.4 is 0 Å². The number of carbonyl (C=O) groups excluding carboxylic acids is 2. The fourth-order valence-electron chi connectivity index (χ4n) is 3.91. The maximum atomic E-state index is 13.0. The molecule has 0 N–H and O–H groups in total. The fourth-order valence-corrected chi connectivity index (χ4v) is 4.78. The second-order valence-electron chi connectivity index (χ2n) is 6.95. The van der Waals surface area contributed by atoms with Crippen LogP contribution in [0.15, 0.2) is 64.1 Å². The van der Waals surface area contributed by atoms with E-state index in [2.05, 4.69) is 4.99 Å². The van der Waals surface area contributed by atoms with E-state index >= 15 is 0 Å². The van der Waals surface area contributed by atoms with Gasteiger partial charge in [-0.15, -0.1) is 11.3 Å². The minimum Gasteiger partial charge on any atom is -0.460 e. The summed E-state index contributed by atoms with van der Waals surface area (Å²) in [5, 5.41) is 1.98. The number of hydrogen-bond acceptors (Lipinski definition) is 5. The quantitative estimate of drug-likeness (QED) is 0.725. The van der Waals surface area contributed by atoms with Crippen LogP contribution in [0.3, 0.4) is 0 Å². The molecule has 1 aromatic heterocycles. The van der Waals surface area contributed by atoms with Crippen molar-refractivity contribution < 1.29 is 14.3 Å². The third kappa shape index (κ3) is 3.52. The Morgan fingerprint density at radius 2 is 2.00 bits per heavy atom. The second kappa shape index (κ2) is 7.61. The lowest BCUT2D eigenvalue weighted by atomic mass is 9.74. The number of ketones is 1. The summed E-state index contributed by atoms with van der Waals surface area (Å²) in [6.45, 7) is 2.10. The van der Waals surface area contributed by atoms with Crippen molar-refractivity contribution in [2.75, 3.05) is 0 Å². The van der Waals surface area contributed by atoms with Crippen LogP contribution >= 0.6 is 11.3 Å². The molecule has 0 radical (unpaired) electrons. The molecule has 4 nitrogen and oxygen atoms in total. The molecule has 27 heavy (non-hydrogen) atoms. The van der Waals surface area contributed by atoms with Gasteiger partial charge in [0.25, 0.3) is 0 Å². The van der Waals surface area contributed by atoms with E-state index in [0.717, 1.165) is 40.3 Å². The number of ether oxygens (including phenoxy) is 1. The predicted molar refractivity (Wildman–Crippen MR) is 106 cm³/mol. The molecule has 0 spiro atoms. The van der Waals surface area contributed by atoms with Gasteiger partial charge in [-0.2, -0.15) is 0 Å². The summed E-state index contributed by atoms with van der Waals surface area (Å²) in [5.74, 6) is -1.03. The summed E-state index contributed by atoms with van der Waals surface area (Å²) in [5.41, 5.74) is 3.25. The molecule has 0 bridgehead atoms. The van der Waals surface area contributed by atoms with Gasteiger partial charge in [0.1, 0.15) is 12.5 Å². The molecule has 1 aromatic carbocycles. The van der Waals surface area contributed by atoms with Crippen molar-refractivity contribution in [2.45, 2.75) is 38.7 Å². The zero-order valence-corrected chi connectivity index (χ0v) is 16.0. The van der Waals surface area contributed by atoms with Gasteiger partial charge >= 0.3 is 5.97 Å². The first kappa shape index (κ1) is 17.9. The highest BCUT2D eigenvalue weighted by Crippen LogP contribution is 2.44. The molecule has 4 rings (SSSR count). The number of thiophene rings is 1. The first-order chi connectivity index (χ1) is 13.1.